The molecule has 0 aliphatic carbocycles. The molecule has 0 spiro atoms. The summed E-state index contributed by atoms with van der Waals surface area (Å²) >= 11 is 3.51. The SMILES string of the molecule is CC(C)(C)[Si]OC(C)(C)[C@@H]1CCCN1Cc1cncc(Br)c1. The van der Waals surface area contributed by atoms with Crippen LogP contribution in [0, 0.1) is 0 Å². The number of rotatable bonds is 5. The van der Waals surface area contributed by atoms with E-state index in [0.717, 1.165) is 17.6 Å². The fraction of sp³-hybridized carbons (Fsp3) is 0.706. The zero-order chi connectivity index (χ0) is 16.4. The van der Waals surface area contributed by atoms with Crippen molar-refractivity contribution < 1.29 is 4.43 Å². The molecule has 0 bridgehead atoms. The topological polar surface area (TPSA) is 25.4 Å². The van der Waals surface area contributed by atoms with Gasteiger partial charge in [-0.1, -0.05) is 20.8 Å². The normalized spacial score (nSPS) is 20.5. The Morgan fingerprint density at radius 1 is 1.32 bits per heavy atom. The third-order valence-corrected chi connectivity index (χ3v) is 5.61. The van der Waals surface area contributed by atoms with Crippen molar-refractivity contribution in [2.45, 2.75) is 70.7 Å². The molecule has 0 unspecified atom stereocenters. The van der Waals surface area contributed by atoms with Crippen LogP contribution in [0.25, 0.3) is 0 Å². The van der Waals surface area contributed by atoms with E-state index >= 15 is 0 Å². The predicted octanol–water partition coefficient (Wildman–Crippen LogP) is 4.44. The van der Waals surface area contributed by atoms with Gasteiger partial charge in [0, 0.05) is 29.5 Å². The van der Waals surface area contributed by atoms with E-state index in [1.807, 2.05) is 12.4 Å². The minimum atomic E-state index is -0.109. The second-order valence-electron chi connectivity index (χ2n) is 7.70. The first-order valence-corrected chi connectivity index (χ1v) is 9.66. The van der Waals surface area contributed by atoms with E-state index in [4.69, 9.17) is 4.43 Å². The lowest BCUT2D eigenvalue weighted by Crippen LogP contribution is -2.48. The third-order valence-electron chi connectivity index (χ3n) is 3.93. The molecule has 3 nitrogen and oxygen atoms in total. The maximum absolute atomic E-state index is 6.33. The number of pyridine rings is 1. The molecule has 1 fully saturated rings. The van der Waals surface area contributed by atoms with Gasteiger partial charge < -0.3 is 4.43 Å². The van der Waals surface area contributed by atoms with Crippen LogP contribution in [0.5, 0.6) is 0 Å². The largest absolute Gasteiger partial charge is 0.410 e. The number of nitrogens with zero attached hydrogens (tertiary/aromatic N) is 2. The summed E-state index contributed by atoms with van der Waals surface area (Å²) < 4.78 is 7.38. The Balaban J connectivity index is 2.03. The van der Waals surface area contributed by atoms with E-state index in [1.54, 1.807) is 0 Å². The number of hydrogen-bond donors (Lipinski definition) is 0. The fourth-order valence-electron chi connectivity index (χ4n) is 2.93. The van der Waals surface area contributed by atoms with Crippen LogP contribution in [0.2, 0.25) is 5.04 Å². The maximum atomic E-state index is 6.33. The van der Waals surface area contributed by atoms with Gasteiger partial charge in [0.1, 0.15) is 0 Å². The zero-order valence-corrected chi connectivity index (χ0v) is 16.9. The van der Waals surface area contributed by atoms with E-state index in [9.17, 15) is 0 Å². The molecule has 0 aromatic carbocycles. The number of halogens is 1. The van der Waals surface area contributed by atoms with Gasteiger partial charge in [0.15, 0.2) is 0 Å². The highest BCUT2D eigenvalue weighted by molar-refractivity contribution is 9.10. The van der Waals surface area contributed by atoms with E-state index < -0.39 is 0 Å². The van der Waals surface area contributed by atoms with Crippen molar-refractivity contribution in [2.24, 2.45) is 0 Å². The minimum Gasteiger partial charge on any atom is -0.410 e. The van der Waals surface area contributed by atoms with Gasteiger partial charge in [-0.3, -0.25) is 9.88 Å². The van der Waals surface area contributed by atoms with Crippen LogP contribution >= 0.6 is 15.9 Å². The third kappa shape index (κ3) is 5.15. The second-order valence-corrected chi connectivity index (χ2v) is 10.5. The van der Waals surface area contributed by atoms with Crippen molar-refractivity contribution in [3.63, 3.8) is 0 Å². The first-order chi connectivity index (χ1) is 10.2. The Morgan fingerprint density at radius 3 is 2.68 bits per heavy atom. The van der Waals surface area contributed by atoms with Crippen molar-refractivity contribution >= 4 is 25.7 Å². The highest BCUT2D eigenvalue weighted by atomic mass is 79.9. The first-order valence-electron chi connectivity index (χ1n) is 7.96. The molecule has 1 aromatic heterocycles. The molecule has 5 heteroatoms. The monoisotopic (exact) mass is 382 g/mol. The van der Waals surface area contributed by atoms with E-state index in [1.165, 1.54) is 18.4 Å². The van der Waals surface area contributed by atoms with Crippen molar-refractivity contribution in [3.05, 3.63) is 28.5 Å². The average Bonchev–Trinajstić information content (AvgIpc) is 2.85. The van der Waals surface area contributed by atoms with Gasteiger partial charge in [-0.05, 0) is 65.8 Å². The second kappa shape index (κ2) is 7.12. The Kier molecular flexibility index (Phi) is 5.86. The Hall–Kier alpha value is -0.233. The molecule has 1 aliphatic rings. The molecule has 1 aliphatic heterocycles. The van der Waals surface area contributed by atoms with Gasteiger partial charge in [0.25, 0.3) is 0 Å². The molecule has 1 atom stereocenters. The van der Waals surface area contributed by atoms with Crippen LogP contribution < -0.4 is 0 Å². The molecule has 0 amide bonds. The van der Waals surface area contributed by atoms with Crippen molar-refractivity contribution in [1.82, 2.24) is 9.88 Å². The highest BCUT2D eigenvalue weighted by Gasteiger charge is 2.38. The molecular weight excluding hydrogens is 356 g/mol. The maximum Gasteiger partial charge on any atom is 0.236 e. The summed E-state index contributed by atoms with van der Waals surface area (Å²) in [5, 5.41) is 0.231. The Morgan fingerprint density at radius 2 is 2.05 bits per heavy atom. The summed E-state index contributed by atoms with van der Waals surface area (Å²) in [5.41, 5.74) is 1.15. The van der Waals surface area contributed by atoms with Crippen LogP contribution in [-0.2, 0) is 11.0 Å². The number of likely N-dealkylation sites (tertiary alicyclic amines) is 1. The molecule has 0 N–H and O–H groups in total. The summed E-state index contributed by atoms with van der Waals surface area (Å²) in [4.78, 5) is 6.83. The molecule has 122 valence electrons. The highest BCUT2D eigenvalue weighted by Crippen LogP contribution is 2.33. The summed E-state index contributed by atoms with van der Waals surface area (Å²) in [6, 6.07) is 2.63. The predicted molar refractivity (Wildman–Crippen MR) is 96.0 cm³/mol. The molecule has 2 radical (unpaired) electrons. The molecular formula is C17H27BrN2OSi. The lowest BCUT2D eigenvalue weighted by molar-refractivity contribution is 0.0163. The van der Waals surface area contributed by atoms with Gasteiger partial charge in [-0.2, -0.15) is 0 Å². The lowest BCUT2D eigenvalue weighted by atomic mass is 9.96. The number of aromatic nitrogens is 1. The van der Waals surface area contributed by atoms with Crippen molar-refractivity contribution in [2.75, 3.05) is 6.54 Å². The van der Waals surface area contributed by atoms with E-state index in [0.29, 0.717) is 15.8 Å². The average molecular weight is 383 g/mol. The molecule has 2 rings (SSSR count). The van der Waals surface area contributed by atoms with Gasteiger partial charge in [-0.15, -0.1) is 0 Å². The quantitative estimate of drug-likeness (QED) is 0.703. The summed E-state index contributed by atoms with van der Waals surface area (Å²) in [6.45, 7) is 13.3. The summed E-state index contributed by atoms with van der Waals surface area (Å²) in [7, 11) is 0.529. The minimum absolute atomic E-state index is 0.109. The lowest BCUT2D eigenvalue weighted by Gasteiger charge is -2.39. The fourth-order valence-corrected chi connectivity index (χ4v) is 4.05. The first kappa shape index (κ1) is 18.1. The zero-order valence-electron chi connectivity index (χ0n) is 14.3. The van der Waals surface area contributed by atoms with Gasteiger partial charge in [0.2, 0.25) is 9.76 Å². The smallest absolute Gasteiger partial charge is 0.236 e. The Bertz CT molecular complexity index is 502. The summed E-state index contributed by atoms with van der Waals surface area (Å²) in [6.07, 6.45) is 6.26. The Labute approximate surface area is 145 Å². The molecule has 2 heterocycles. The standard InChI is InChI=1S/C17H27BrN2OSi/c1-16(2,3)22-21-17(4,5)15-7-6-8-20(15)12-13-9-14(18)11-19-10-13/h9-11,15H,6-8,12H2,1-5H3/t15-/m0/s1. The van der Waals surface area contributed by atoms with Crippen LogP contribution in [0.15, 0.2) is 22.9 Å². The van der Waals surface area contributed by atoms with E-state index in [2.05, 4.69) is 66.5 Å². The van der Waals surface area contributed by atoms with Crippen molar-refractivity contribution in [1.29, 1.82) is 0 Å². The van der Waals surface area contributed by atoms with E-state index in [-0.39, 0.29) is 10.6 Å². The van der Waals surface area contributed by atoms with Gasteiger partial charge in [0.05, 0.1) is 5.60 Å². The van der Waals surface area contributed by atoms with Crippen molar-refractivity contribution in [3.8, 4) is 0 Å². The van der Waals surface area contributed by atoms with Crippen LogP contribution in [0.4, 0.5) is 0 Å². The summed E-state index contributed by atoms with van der Waals surface area (Å²) in [5.74, 6) is 0. The van der Waals surface area contributed by atoms with Gasteiger partial charge in [-0.25, -0.2) is 0 Å². The molecule has 0 saturated carbocycles. The van der Waals surface area contributed by atoms with Gasteiger partial charge >= 0.3 is 0 Å². The van der Waals surface area contributed by atoms with Crippen LogP contribution in [0.1, 0.15) is 53.0 Å². The molecule has 22 heavy (non-hydrogen) atoms. The molecule has 1 saturated heterocycles. The number of hydrogen-bond acceptors (Lipinski definition) is 3. The molecule has 1 aromatic rings. The van der Waals surface area contributed by atoms with Crippen LogP contribution in [-0.4, -0.2) is 37.8 Å². The van der Waals surface area contributed by atoms with Crippen LogP contribution in [0.3, 0.4) is 0 Å².